The number of hydrogen-bond acceptors (Lipinski definition) is 4. The van der Waals surface area contributed by atoms with Gasteiger partial charge in [-0.3, -0.25) is 9.69 Å². The summed E-state index contributed by atoms with van der Waals surface area (Å²) < 4.78 is 5.69. The van der Waals surface area contributed by atoms with Gasteiger partial charge in [-0.25, -0.2) is 9.69 Å². The Kier molecular flexibility index (Phi) is 2.85. The number of aryl methyl sites for hydroxylation is 2. The molecule has 22 heavy (non-hydrogen) atoms. The minimum absolute atomic E-state index is 0.157. The van der Waals surface area contributed by atoms with Gasteiger partial charge in [-0.15, -0.1) is 0 Å². The standard InChI is InChI=1S/C17H20N2O3/c1-11-3-4-12(2)14(9-11)19-15(20)17(22-16(19)21)10-18-7-5-13(17)6-8-18/h3-4,9,13H,5-8,10H2,1-2H3. The summed E-state index contributed by atoms with van der Waals surface area (Å²) in [5.74, 6) is -0.0235. The molecule has 1 spiro atoms. The predicted molar refractivity (Wildman–Crippen MR) is 81.8 cm³/mol. The van der Waals surface area contributed by atoms with Gasteiger partial charge >= 0.3 is 6.09 Å². The third kappa shape index (κ3) is 1.75. The quantitative estimate of drug-likeness (QED) is 0.798. The second kappa shape index (κ2) is 4.56. The highest BCUT2D eigenvalue weighted by atomic mass is 16.6. The minimum Gasteiger partial charge on any atom is -0.430 e. The fourth-order valence-electron chi connectivity index (χ4n) is 4.06. The lowest BCUT2D eigenvalue weighted by molar-refractivity contribution is -0.148. The molecule has 4 aliphatic heterocycles. The first-order valence-corrected chi connectivity index (χ1v) is 7.88. The molecule has 0 radical (unpaired) electrons. The summed E-state index contributed by atoms with van der Waals surface area (Å²) in [5.41, 5.74) is 1.64. The number of nitrogens with zero attached hydrogens (tertiary/aromatic N) is 2. The van der Waals surface area contributed by atoms with Crippen molar-refractivity contribution in [2.45, 2.75) is 32.3 Å². The summed E-state index contributed by atoms with van der Waals surface area (Å²) in [6.07, 6.45) is 1.34. The molecule has 5 heteroatoms. The summed E-state index contributed by atoms with van der Waals surface area (Å²) >= 11 is 0. The van der Waals surface area contributed by atoms with E-state index in [9.17, 15) is 9.59 Å². The van der Waals surface area contributed by atoms with E-state index in [-0.39, 0.29) is 11.8 Å². The normalized spacial score (nSPS) is 33.6. The summed E-state index contributed by atoms with van der Waals surface area (Å²) in [5, 5.41) is 0. The Bertz CT molecular complexity index is 664. The summed E-state index contributed by atoms with van der Waals surface area (Å²) in [4.78, 5) is 29.1. The lowest BCUT2D eigenvalue weighted by Crippen LogP contribution is -2.63. The van der Waals surface area contributed by atoms with Crippen LogP contribution in [0.25, 0.3) is 0 Å². The highest BCUT2D eigenvalue weighted by Gasteiger charge is 2.62. The van der Waals surface area contributed by atoms with Gasteiger partial charge in [-0.1, -0.05) is 12.1 Å². The molecule has 116 valence electrons. The van der Waals surface area contributed by atoms with Crippen molar-refractivity contribution in [1.82, 2.24) is 4.90 Å². The van der Waals surface area contributed by atoms with Crippen molar-refractivity contribution in [3.63, 3.8) is 0 Å². The summed E-state index contributed by atoms with van der Waals surface area (Å²) in [6.45, 7) is 6.42. The monoisotopic (exact) mass is 300 g/mol. The molecule has 1 unspecified atom stereocenters. The number of hydrogen-bond donors (Lipinski definition) is 0. The molecule has 0 aliphatic carbocycles. The molecule has 1 aromatic carbocycles. The molecule has 5 nitrogen and oxygen atoms in total. The topological polar surface area (TPSA) is 49.9 Å². The van der Waals surface area contributed by atoms with Crippen LogP contribution in [0, 0.1) is 19.8 Å². The molecule has 4 heterocycles. The highest BCUT2D eigenvalue weighted by molar-refractivity contribution is 6.20. The lowest BCUT2D eigenvalue weighted by Gasteiger charge is -2.48. The van der Waals surface area contributed by atoms with Gasteiger partial charge in [0.1, 0.15) is 0 Å². The van der Waals surface area contributed by atoms with Crippen LogP contribution in [0.3, 0.4) is 0 Å². The first kappa shape index (κ1) is 13.8. The van der Waals surface area contributed by atoms with Gasteiger partial charge < -0.3 is 4.74 Å². The SMILES string of the molecule is Cc1ccc(C)c(N2C(=O)OC3(CN4CCC3CC4)C2=O)c1. The number of imide groups is 1. The average molecular weight is 300 g/mol. The maximum absolute atomic E-state index is 13.1. The van der Waals surface area contributed by atoms with E-state index in [0.29, 0.717) is 12.2 Å². The van der Waals surface area contributed by atoms with E-state index in [1.165, 1.54) is 4.90 Å². The molecule has 1 atom stereocenters. The molecule has 4 aliphatic rings. The Morgan fingerprint density at radius 1 is 1.18 bits per heavy atom. The number of anilines is 1. The van der Waals surface area contributed by atoms with Crippen LogP contribution in [-0.2, 0) is 9.53 Å². The molecule has 0 aromatic heterocycles. The number of benzene rings is 1. The number of carbonyl (C=O) groups excluding carboxylic acids is 2. The van der Waals surface area contributed by atoms with Crippen molar-refractivity contribution in [1.29, 1.82) is 0 Å². The zero-order valence-electron chi connectivity index (χ0n) is 13.0. The second-order valence-corrected chi connectivity index (χ2v) is 6.74. The Morgan fingerprint density at radius 2 is 1.91 bits per heavy atom. The van der Waals surface area contributed by atoms with Crippen molar-refractivity contribution < 1.29 is 14.3 Å². The summed E-state index contributed by atoms with van der Waals surface area (Å²) in [6, 6.07) is 5.80. The van der Waals surface area contributed by atoms with Gasteiger partial charge in [0.25, 0.3) is 5.91 Å². The zero-order valence-corrected chi connectivity index (χ0v) is 13.0. The van der Waals surface area contributed by atoms with E-state index in [1.807, 2.05) is 32.0 Å². The first-order chi connectivity index (χ1) is 10.5. The average Bonchev–Trinajstić information content (AvgIpc) is 2.74. The van der Waals surface area contributed by atoms with Crippen LogP contribution >= 0.6 is 0 Å². The molecular weight excluding hydrogens is 280 g/mol. The van der Waals surface area contributed by atoms with Gasteiger partial charge in [0.2, 0.25) is 5.60 Å². The molecule has 4 saturated heterocycles. The largest absolute Gasteiger partial charge is 0.430 e. The van der Waals surface area contributed by atoms with Gasteiger partial charge in [0.15, 0.2) is 0 Å². The Balaban J connectivity index is 1.75. The fourth-order valence-corrected chi connectivity index (χ4v) is 4.06. The summed E-state index contributed by atoms with van der Waals surface area (Å²) in [7, 11) is 0. The van der Waals surface area contributed by atoms with Crippen LogP contribution < -0.4 is 4.90 Å². The van der Waals surface area contributed by atoms with E-state index >= 15 is 0 Å². The molecule has 2 bridgehead atoms. The number of rotatable bonds is 1. The number of amides is 2. The Hall–Kier alpha value is -1.88. The van der Waals surface area contributed by atoms with Crippen molar-refractivity contribution in [3.8, 4) is 0 Å². The lowest BCUT2D eigenvalue weighted by atomic mass is 9.75. The van der Waals surface area contributed by atoms with E-state index in [0.717, 1.165) is 37.1 Å². The van der Waals surface area contributed by atoms with Crippen LogP contribution in [0.5, 0.6) is 0 Å². The van der Waals surface area contributed by atoms with Crippen LogP contribution in [0.4, 0.5) is 10.5 Å². The van der Waals surface area contributed by atoms with E-state index < -0.39 is 11.7 Å². The van der Waals surface area contributed by atoms with Gasteiger partial charge in [-0.05, 0) is 57.0 Å². The number of piperidine rings is 3. The van der Waals surface area contributed by atoms with Crippen molar-refractivity contribution in [2.24, 2.45) is 5.92 Å². The number of ether oxygens (including phenoxy) is 1. The van der Waals surface area contributed by atoms with Crippen molar-refractivity contribution >= 4 is 17.7 Å². The van der Waals surface area contributed by atoms with Gasteiger partial charge in [0, 0.05) is 12.5 Å². The predicted octanol–water partition coefficient (Wildman–Crippen LogP) is 2.25. The Labute approximate surface area is 129 Å². The van der Waals surface area contributed by atoms with Gasteiger partial charge in [-0.2, -0.15) is 0 Å². The molecule has 0 saturated carbocycles. The molecule has 4 fully saturated rings. The molecule has 1 aromatic rings. The maximum Gasteiger partial charge on any atom is 0.422 e. The third-order valence-electron chi connectivity index (χ3n) is 5.33. The van der Waals surface area contributed by atoms with E-state index in [1.54, 1.807) is 0 Å². The highest BCUT2D eigenvalue weighted by Crippen LogP contribution is 2.44. The number of fused-ring (bicyclic) bond motifs is 2. The first-order valence-electron chi connectivity index (χ1n) is 7.88. The van der Waals surface area contributed by atoms with E-state index in [2.05, 4.69) is 4.90 Å². The maximum atomic E-state index is 13.1. The van der Waals surface area contributed by atoms with Gasteiger partial charge in [0.05, 0.1) is 5.69 Å². The van der Waals surface area contributed by atoms with Crippen LogP contribution in [-0.4, -0.2) is 42.1 Å². The Morgan fingerprint density at radius 3 is 2.55 bits per heavy atom. The van der Waals surface area contributed by atoms with E-state index in [4.69, 9.17) is 4.74 Å². The van der Waals surface area contributed by atoms with Crippen LogP contribution in [0.15, 0.2) is 18.2 Å². The smallest absolute Gasteiger partial charge is 0.422 e. The zero-order chi connectivity index (χ0) is 15.5. The second-order valence-electron chi connectivity index (χ2n) is 6.74. The van der Waals surface area contributed by atoms with Crippen molar-refractivity contribution in [2.75, 3.05) is 24.5 Å². The van der Waals surface area contributed by atoms with Crippen LogP contribution in [0.2, 0.25) is 0 Å². The molecule has 2 amide bonds. The van der Waals surface area contributed by atoms with Crippen molar-refractivity contribution in [3.05, 3.63) is 29.3 Å². The number of carbonyl (C=O) groups is 2. The minimum atomic E-state index is -0.955. The third-order valence-corrected chi connectivity index (χ3v) is 5.33. The van der Waals surface area contributed by atoms with Crippen LogP contribution in [0.1, 0.15) is 24.0 Å². The molecule has 5 rings (SSSR count). The fraction of sp³-hybridized carbons (Fsp3) is 0.529. The molecular formula is C17H20N2O3. The molecule has 0 N–H and O–H groups in total.